The van der Waals surface area contributed by atoms with E-state index in [1.165, 1.54) is 0 Å². The second kappa shape index (κ2) is 8.07. The van der Waals surface area contributed by atoms with E-state index in [9.17, 15) is 9.59 Å². The van der Waals surface area contributed by atoms with Crippen molar-refractivity contribution in [1.82, 2.24) is 19.4 Å². The van der Waals surface area contributed by atoms with Crippen LogP contribution in [0.15, 0.2) is 29.3 Å². The molecule has 2 fully saturated rings. The lowest BCUT2D eigenvalue weighted by atomic mass is 9.83. The molecule has 164 valence electrons. The van der Waals surface area contributed by atoms with Gasteiger partial charge >= 0.3 is 0 Å². The van der Waals surface area contributed by atoms with Crippen molar-refractivity contribution in [2.24, 2.45) is 17.6 Å². The molecule has 0 aromatic carbocycles. The van der Waals surface area contributed by atoms with E-state index in [1.807, 2.05) is 30.0 Å². The van der Waals surface area contributed by atoms with Crippen LogP contribution in [0.4, 0.5) is 5.95 Å². The molecule has 0 radical (unpaired) electrons. The first kappa shape index (κ1) is 20.2. The maximum atomic E-state index is 13.3. The second-order valence-electron chi connectivity index (χ2n) is 9.42. The zero-order chi connectivity index (χ0) is 21.5. The number of pyridine rings is 1. The van der Waals surface area contributed by atoms with Gasteiger partial charge in [-0.1, -0.05) is 6.07 Å². The monoisotopic (exact) mass is 422 g/mol. The average Bonchev–Trinajstić information content (AvgIpc) is 2.77. The minimum atomic E-state index is -0.204. The van der Waals surface area contributed by atoms with Gasteiger partial charge in [0.15, 0.2) is 0 Å². The largest absolute Gasteiger partial charge is 0.369 e. The van der Waals surface area contributed by atoms with Crippen LogP contribution in [0.3, 0.4) is 0 Å². The van der Waals surface area contributed by atoms with Crippen LogP contribution >= 0.6 is 0 Å². The van der Waals surface area contributed by atoms with Crippen molar-refractivity contribution in [2.75, 3.05) is 31.1 Å². The number of fused-ring (bicyclic) bond motifs is 4. The van der Waals surface area contributed by atoms with Crippen molar-refractivity contribution < 1.29 is 4.79 Å². The Morgan fingerprint density at radius 3 is 2.58 bits per heavy atom. The molecule has 3 aliphatic rings. The quantitative estimate of drug-likeness (QED) is 0.797. The van der Waals surface area contributed by atoms with Gasteiger partial charge in [-0.05, 0) is 56.8 Å². The number of anilines is 1. The summed E-state index contributed by atoms with van der Waals surface area (Å²) in [6, 6.07) is 4.16. The van der Waals surface area contributed by atoms with E-state index in [-0.39, 0.29) is 17.4 Å². The summed E-state index contributed by atoms with van der Waals surface area (Å²) >= 11 is 0. The standard InChI is InChI=1S/C23H30N6O2/c1-15-9-25-23(26-10-15)28-11-16-8-19(14-28)20-3-2-18(22(31)29(20)12-16)13-27-6-4-17(5-7-27)21(24)30/h2-3,9-10,16-17,19H,4-8,11-14H2,1H3,(H2,24,30)/t16-,19+/m0/s1. The van der Waals surface area contributed by atoms with Crippen molar-refractivity contribution in [1.29, 1.82) is 0 Å². The van der Waals surface area contributed by atoms with Crippen LogP contribution in [0.1, 0.15) is 42.0 Å². The van der Waals surface area contributed by atoms with E-state index in [1.54, 1.807) is 0 Å². The Morgan fingerprint density at radius 2 is 1.87 bits per heavy atom. The van der Waals surface area contributed by atoms with Crippen LogP contribution in [0.25, 0.3) is 0 Å². The van der Waals surface area contributed by atoms with E-state index in [0.29, 0.717) is 18.4 Å². The number of amides is 1. The number of hydrogen-bond donors (Lipinski definition) is 1. The van der Waals surface area contributed by atoms with Gasteiger partial charge in [0.2, 0.25) is 11.9 Å². The molecule has 2 aromatic heterocycles. The summed E-state index contributed by atoms with van der Waals surface area (Å²) in [6.45, 7) is 6.75. The van der Waals surface area contributed by atoms with Gasteiger partial charge in [-0.3, -0.25) is 14.5 Å². The first-order valence-corrected chi connectivity index (χ1v) is 11.3. The van der Waals surface area contributed by atoms with Crippen LogP contribution in [0, 0.1) is 18.8 Å². The van der Waals surface area contributed by atoms with Crippen molar-refractivity contribution >= 4 is 11.9 Å². The van der Waals surface area contributed by atoms with Gasteiger partial charge in [0.25, 0.3) is 5.56 Å². The zero-order valence-corrected chi connectivity index (χ0v) is 18.0. The molecule has 2 N–H and O–H groups in total. The number of piperidine rings is 2. The molecule has 1 amide bonds. The van der Waals surface area contributed by atoms with Crippen LogP contribution in [0.2, 0.25) is 0 Å². The number of carbonyl (C=O) groups is 1. The molecular weight excluding hydrogens is 392 g/mol. The maximum absolute atomic E-state index is 13.3. The minimum Gasteiger partial charge on any atom is -0.369 e. The highest BCUT2D eigenvalue weighted by molar-refractivity contribution is 5.76. The Hall–Kier alpha value is -2.74. The average molecular weight is 423 g/mol. The predicted molar refractivity (Wildman–Crippen MR) is 118 cm³/mol. The van der Waals surface area contributed by atoms with Crippen LogP contribution in [0.5, 0.6) is 0 Å². The molecule has 0 aliphatic carbocycles. The minimum absolute atomic E-state index is 0.0271. The summed E-state index contributed by atoms with van der Waals surface area (Å²) in [5.74, 6) is 1.30. The predicted octanol–water partition coefficient (Wildman–Crippen LogP) is 1.27. The van der Waals surface area contributed by atoms with E-state index < -0.39 is 0 Å². The molecule has 2 aromatic rings. The normalized spacial score (nSPS) is 24.1. The topological polar surface area (TPSA) is 97.4 Å². The molecule has 2 bridgehead atoms. The fraction of sp³-hybridized carbons (Fsp3) is 0.565. The summed E-state index contributed by atoms with van der Waals surface area (Å²) in [5, 5.41) is 0. The molecule has 8 heteroatoms. The number of aryl methyl sites for hydroxylation is 1. The molecule has 0 saturated carbocycles. The highest BCUT2D eigenvalue weighted by Crippen LogP contribution is 2.36. The number of nitrogens with zero attached hydrogens (tertiary/aromatic N) is 5. The van der Waals surface area contributed by atoms with Crippen LogP contribution in [-0.4, -0.2) is 51.5 Å². The number of primary amides is 1. The summed E-state index contributed by atoms with van der Waals surface area (Å²) in [4.78, 5) is 38.3. The van der Waals surface area contributed by atoms with Gasteiger partial charge in [0.1, 0.15) is 0 Å². The van der Waals surface area contributed by atoms with Crippen molar-refractivity contribution in [3.63, 3.8) is 0 Å². The molecule has 8 nitrogen and oxygen atoms in total. The maximum Gasteiger partial charge on any atom is 0.255 e. The Kier molecular flexibility index (Phi) is 5.25. The van der Waals surface area contributed by atoms with Gasteiger partial charge in [0, 0.05) is 61.7 Å². The summed E-state index contributed by atoms with van der Waals surface area (Å²) in [7, 11) is 0. The molecule has 2 atom stereocenters. The van der Waals surface area contributed by atoms with E-state index >= 15 is 0 Å². The third kappa shape index (κ3) is 3.96. The summed E-state index contributed by atoms with van der Waals surface area (Å²) < 4.78 is 2.01. The SMILES string of the molecule is Cc1cnc(N2C[C@@H]3C[C@H](C2)c2ccc(CN4CCC(C(N)=O)CC4)c(=O)n2C3)nc1. The van der Waals surface area contributed by atoms with E-state index in [0.717, 1.165) is 74.8 Å². The first-order chi connectivity index (χ1) is 15.0. The Bertz CT molecular complexity index is 1030. The van der Waals surface area contributed by atoms with Gasteiger partial charge in [-0.25, -0.2) is 9.97 Å². The van der Waals surface area contributed by atoms with Gasteiger partial charge in [-0.2, -0.15) is 0 Å². The molecule has 5 rings (SSSR count). The van der Waals surface area contributed by atoms with E-state index in [4.69, 9.17) is 5.73 Å². The molecule has 3 aliphatic heterocycles. The fourth-order valence-electron chi connectivity index (χ4n) is 5.44. The lowest BCUT2D eigenvalue weighted by molar-refractivity contribution is -0.123. The number of aromatic nitrogens is 3. The van der Waals surface area contributed by atoms with Crippen molar-refractivity contribution in [2.45, 2.75) is 45.2 Å². The van der Waals surface area contributed by atoms with Gasteiger partial charge in [-0.15, -0.1) is 0 Å². The number of carbonyl (C=O) groups excluding carboxylic acids is 1. The number of nitrogens with two attached hydrogens (primary N) is 1. The number of rotatable bonds is 4. The van der Waals surface area contributed by atoms with Gasteiger partial charge < -0.3 is 15.2 Å². The summed E-state index contributed by atoms with van der Waals surface area (Å²) in [5.41, 5.74) is 8.62. The third-order valence-electron chi connectivity index (χ3n) is 7.12. The smallest absolute Gasteiger partial charge is 0.255 e. The molecule has 0 unspecified atom stereocenters. The van der Waals surface area contributed by atoms with Crippen molar-refractivity contribution in [3.8, 4) is 0 Å². The molecule has 5 heterocycles. The van der Waals surface area contributed by atoms with Crippen LogP contribution < -0.4 is 16.2 Å². The second-order valence-corrected chi connectivity index (χ2v) is 9.42. The number of likely N-dealkylation sites (tertiary alicyclic amines) is 1. The van der Waals surface area contributed by atoms with Gasteiger partial charge in [0.05, 0.1) is 0 Å². The fourth-order valence-corrected chi connectivity index (χ4v) is 5.44. The van der Waals surface area contributed by atoms with Crippen molar-refractivity contribution in [3.05, 3.63) is 51.7 Å². The Morgan fingerprint density at radius 1 is 1.13 bits per heavy atom. The Labute approximate surface area is 182 Å². The molecule has 2 saturated heterocycles. The lowest BCUT2D eigenvalue weighted by Crippen LogP contribution is -2.48. The zero-order valence-electron chi connectivity index (χ0n) is 18.0. The molecule has 31 heavy (non-hydrogen) atoms. The molecule has 0 spiro atoms. The summed E-state index contributed by atoms with van der Waals surface area (Å²) in [6.07, 6.45) is 6.40. The van der Waals surface area contributed by atoms with E-state index in [2.05, 4.69) is 25.8 Å². The number of hydrogen-bond acceptors (Lipinski definition) is 6. The highest BCUT2D eigenvalue weighted by Gasteiger charge is 2.36. The Balaban J connectivity index is 1.32. The highest BCUT2D eigenvalue weighted by atomic mass is 16.1. The lowest BCUT2D eigenvalue weighted by Gasteiger charge is -2.43. The third-order valence-corrected chi connectivity index (χ3v) is 7.12. The van der Waals surface area contributed by atoms with Crippen LogP contribution in [-0.2, 0) is 17.9 Å². The molecular formula is C23H30N6O2. The first-order valence-electron chi connectivity index (χ1n) is 11.3.